The Morgan fingerprint density at radius 2 is 2.30 bits per heavy atom. The lowest BCUT2D eigenvalue weighted by atomic mass is 10.1. The summed E-state index contributed by atoms with van der Waals surface area (Å²) in [6.07, 6.45) is 0.823. The predicted molar refractivity (Wildman–Crippen MR) is 76.4 cm³/mol. The normalized spacial score (nSPS) is 19.1. The fourth-order valence-corrected chi connectivity index (χ4v) is 3.21. The minimum Gasteiger partial charge on any atom is -0.389 e. The first-order chi connectivity index (χ1) is 9.40. The van der Waals surface area contributed by atoms with E-state index < -0.39 is 15.8 Å². The molecule has 1 aliphatic heterocycles. The van der Waals surface area contributed by atoms with Crippen LogP contribution >= 0.6 is 12.2 Å². The molecule has 2 rings (SSSR count). The molecule has 1 atom stereocenters. The third kappa shape index (κ3) is 3.51. The highest BCUT2D eigenvalue weighted by Gasteiger charge is 2.21. The van der Waals surface area contributed by atoms with Gasteiger partial charge in [0.2, 0.25) is 10.0 Å². The molecule has 0 spiro atoms. The highest BCUT2D eigenvalue weighted by Crippen LogP contribution is 2.16. The van der Waals surface area contributed by atoms with Gasteiger partial charge in [-0.2, -0.15) is 0 Å². The fraction of sp³-hybridized carbons (Fsp3) is 0.417. The van der Waals surface area contributed by atoms with Crippen molar-refractivity contribution >= 4 is 27.2 Å². The number of halogens is 1. The van der Waals surface area contributed by atoms with Gasteiger partial charge in [-0.05, 0) is 30.5 Å². The summed E-state index contributed by atoms with van der Waals surface area (Å²) < 4.78 is 45.3. The van der Waals surface area contributed by atoms with Crippen LogP contribution in [-0.4, -0.2) is 33.2 Å². The van der Waals surface area contributed by atoms with E-state index in [1.54, 1.807) is 0 Å². The molecule has 0 aromatic heterocycles. The van der Waals surface area contributed by atoms with Crippen molar-refractivity contribution in [1.82, 2.24) is 4.72 Å². The van der Waals surface area contributed by atoms with Crippen LogP contribution in [0.5, 0.6) is 0 Å². The van der Waals surface area contributed by atoms with Crippen molar-refractivity contribution in [1.29, 1.82) is 0 Å². The lowest BCUT2D eigenvalue weighted by Gasteiger charge is -2.11. The van der Waals surface area contributed by atoms with Gasteiger partial charge in [-0.15, -0.1) is 0 Å². The Kier molecular flexibility index (Phi) is 4.69. The van der Waals surface area contributed by atoms with E-state index in [0.29, 0.717) is 19.8 Å². The Hall–Kier alpha value is -1.09. The number of hydrogen-bond donors (Lipinski definition) is 2. The van der Waals surface area contributed by atoms with Crippen molar-refractivity contribution in [2.75, 3.05) is 19.8 Å². The van der Waals surface area contributed by atoms with Crippen LogP contribution in [0.25, 0.3) is 0 Å². The molecule has 1 aromatic carbocycles. The standard InChI is InChI=1S/C12H15FN2O3S2/c13-11-2-1-9(5-10(11)12(14)19)20(16,17)15-6-8-3-4-18-7-8/h1-2,5,8,15H,3-4,6-7H2,(H2,14,19). The Labute approximate surface area is 122 Å². The molecule has 110 valence electrons. The van der Waals surface area contributed by atoms with E-state index in [2.05, 4.69) is 4.72 Å². The molecule has 1 saturated heterocycles. The maximum atomic E-state index is 13.4. The molecule has 3 N–H and O–H groups in total. The van der Waals surface area contributed by atoms with Crippen molar-refractivity contribution in [3.8, 4) is 0 Å². The van der Waals surface area contributed by atoms with E-state index in [1.807, 2.05) is 0 Å². The summed E-state index contributed by atoms with van der Waals surface area (Å²) in [5, 5.41) is 0. The van der Waals surface area contributed by atoms with Crippen LogP contribution in [0.3, 0.4) is 0 Å². The zero-order valence-corrected chi connectivity index (χ0v) is 12.3. The average molecular weight is 318 g/mol. The Bertz CT molecular complexity index is 613. The molecule has 0 bridgehead atoms. The van der Waals surface area contributed by atoms with Crippen molar-refractivity contribution in [2.45, 2.75) is 11.3 Å². The second kappa shape index (κ2) is 6.13. The first kappa shape index (κ1) is 15.3. The van der Waals surface area contributed by atoms with Crippen molar-refractivity contribution < 1.29 is 17.5 Å². The summed E-state index contributed by atoms with van der Waals surface area (Å²) in [4.78, 5) is -0.232. The maximum absolute atomic E-state index is 13.4. The number of rotatable bonds is 5. The number of nitrogens with two attached hydrogens (primary N) is 1. The van der Waals surface area contributed by atoms with Crippen LogP contribution in [0.15, 0.2) is 23.1 Å². The minimum absolute atomic E-state index is 0.0550. The molecular formula is C12H15FN2O3S2. The summed E-state index contributed by atoms with van der Waals surface area (Å²) in [5.74, 6) is -0.471. The number of nitrogens with one attached hydrogen (secondary N) is 1. The van der Waals surface area contributed by atoms with Gasteiger partial charge in [0.15, 0.2) is 0 Å². The van der Waals surface area contributed by atoms with Crippen LogP contribution in [0, 0.1) is 11.7 Å². The first-order valence-corrected chi connectivity index (χ1v) is 7.96. The second-order valence-corrected chi connectivity index (χ2v) is 6.79. The summed E-state index contributed by atoms with van der Waals surface area (Å²) in [5.41, 5.74) is 5.28. The maximum Gasteiger partial charge on any atom is 0.240 e. The molecule has 1 fully saturated rings. The highest BCUT2D eigenvalue weighted by molar-refractivity contribution is 7.89. The topological polar surface area (TPSA) is 81.4 Å². The molecule has 8 heteroatoms. The van der Waals surface area contributed by atoms with Crippen molar-refractivity contribution in [2.24, 2.45) is 11.7 Å². The number of hydrogen-bond acceptors (Lipinski definition) is 4. The van der Waals surface area contributed by atoms with Crippen LogP contribution in [0.2, 0.25) is 0 Å². The number of ether oxygens (including phenoxy) is 1. The molecule has 0 saturated carbocycles. The van der Waals surface area contributed by atoms with Crippen molar-refractivity contribution in [3.63, 3.8) is 0 Å². The molecule has 1 unspecified atom stereocenters. The number of benzene rings is 1. The van der Waals surface area contributed by atoms with E-state index in [0.717, 1.165) is 18.6 Å². The SMILES string of the molecule is NC(=S)c1cc(S(=O)(=O)NCC2CCOC2)ccc1F. The predicted octanol–water partition coefficient (Wildman–Crippen LogP) is 0.775. The molecule has 0 aliphatic carbocycles. The van der Waals surface area contributed by atoms with Crippen LogP contribution < -0.4 is 10.5 Å². The molecule has 1 heterocycles. The van der Waals surface area contributed by atoms with Crippen LogP contribution in [-0.2, 0) is 14.8 Å². The molecule has 1 aromatic rings. The minimum atomic E-state index is -3.71. The molecule has 5 nitrogen and oxygen atoms in total. The Morgan fingerprint density at radius 3 is 2.90 bits per heavy atom. The first-order valence-electron chi connectivity index (χ1n) is 6.07. The zero-order chi connectivity index (χ0) is 14.8. The number of sulfonamides is 1. The molecule has 20 heavy (non-hydrogen) atoms. The largest absolute Gasteiger partial charge is 0.389 e. The van der Waals surface area contributed by atoms with Gasteiger partial charge in [0, 0.05) is 18.7 Å². The van der Waals surface area contributed by atoms with Gasteiger partial charge in [-0.1, -0.05) is 12.2 Å². The highest BCUT2D eigenvalue weighted by atomic mass is 32.2. The van der Waals surface area contributed by atoms with Crippen LogP contribution in [0.1, 0.15) is 12.0 Å². The second-order valence-electron chi connectivity index (χ2n) is 4.59. The van der Waals surface area contributed by atoms with Gasteiger partial charge < -0.3 is 10.5 Å². The van der Waals surface area contributed by atoms with E-state index in [1.165, 1.54) is 6.07 Å². The van der Waals surface area contributed by atoms with Gasteiger partial charge >= 0.3 is 0 Å². The fourth-order valence-electron chi connectivity index (χ4n) is 1.92. The molecule has 0 radical (unpaired) electrons. The third-order valence-electron chi connectivity index (χ3n) is 3.10. The quantitative estimate of drug-likeness (QED) is 0.784. The smallest absolute Gasteiger partial charge is 0.240 e. The number of thiocarbonyl (C=S) groups is 1. The molecular weight excluding hydrogens is 303 g/mol. The molecule has 0 amide bonds. The summed E-state index contributed by atoms with van der Waals surface area (Å²) >= 11 is 4.69. The van der Waals surface area contributed by atoms with E-state index >= 15 is 0 Å². The van der Waals surface area contributed by atoms with Gasteiger partial charge in [0.05, 0.1) is 11.5 Å². The Balaban J connectivity index is 2.16. The van der Waals surface area contributed by atoms with Crippen LogP contribution in [0.4, 0.5) is 4.39 Å². The Morgan fingerprint density at radius 1 is 1.55 bits per heavy atom. The zero-order valence-electron chi connectivity index (χ0n) is 10.6. The van der Waals surface area contributed by atoms with Gasteiger partial charge in [0.1, 0.15) is 10.8 Å². The van der Waals surface area contributed by atoms with Gasteiger partial charge in [0.25, 0.3) is 0 Å². The van der Waals surface area contributed by atoms with Crippen molar-refractivity contribution in [3.05, 3.63) is 29.6 Å². The summed E-state index contributed by atoms with van der Waals surface area (Å²) in [6.45, 7) is 1.49. The lowest BCUT2D eigenvalue weighted by Crippen LogP contribution is -2.30. The van der Waals surface area contributed by atoms with Gasteiger partial charge in [-0.25, -0.2) is 17.5 Å². The van der Waals surface area contributed by atoms with E-state index in [9.17, 15) is 12.8 Å². The lowest BCUT2D eigenvalue weighted by molar-refractivity contribution is 0.186. The monoisotopic (exact) mass is 318 g/mol. The van der Waals surface area contributed by atoms with Gasteiger partial charge in [-0.3, -0.25) is 0 Å². The molecule has 1 aliphatic rings. The third-order valence-corrected chi connectivity index (χ3v) is 4.74. The van der Waals surface area contributed by atoms with E-state index in [-0.39, 0.29) is 21.4 Å². The van der Waals surface area contributed by atoms with E-state index in [4.69, 9.17) is 22.7 Å². The summed E-state index contributed by atoms with van der Waals surface area (Å²) in [6, 6.07) is 3.37. The summed E-state index contributed by atoms with van der Waals surface area (Å²) in [7, 11) is -3.71. The average Bonchev–Trinajstić information content (AvgIpc) is 2.89.